The maximum atomic E-state index is 11.7. The van der Waals surface area contributed by atoms with Crippen molar-refractivity contribution in [2.45, 2.75) is 32.4 Å². The Labute approximate surface area is 170 Å². The molecule has 0 aliphatic carbocycles. The van der Waals surface area contributed by atoms with Gasteiger partial charge in [0.25, 0.3) is 0 Å². The van der Waals surface area contributed by atoms with Crippen molar-refractivity contribution < 1.29 is 9.53 Å². The second-order valence-corrected chi connectivity index (χ2v) is 6.19. The number of benzene rings is 1. The Morgan fingerprint density at radius 1 is 1.38 bits per heavy atom. The van der Waals surface area contributed by atoms with E-state index in [1.807, 2.05) is 25.1 Å². The minimum atomic E-state index is -0.235. The second kappa shape index (κ2) is 9.65. The number of piperidine rings is 1. The first kappa shape index (κ1) is 20.3. The van der Waals surface area contributed by atoms with Gasteiger partial charge in [-0.3, -0.25) is 0 Å². The van der Waals surface area contributed by atoms with E-state index in [4.69, 9.17) is 10.5 Å². The summed E-state index contributed by atoms with van der Waals surface area (Å²) < 4.78 is 5.02. The number of carbonyl (C=O) groups is 1. The van der Waals surface area contributed by atoms with Crippen molar-refractivity contribution in [3.05, 3.63) is 36.0 Å². The number of nitrogens with zero attached hydrogens (tertiary/aromatic N) is 2. The number of rotatable bonds is 4. The fourth-order valence-corrected chi connectivity index (χ4v) is 3.06. The summed E-state index contributed by atoms with van der Waals surface area (Å²) in [5.41, 5.74) is 8.14. The molecule has 1 aromatic heterocycles. The van der Waals surface area contributed by atoms with Crippen molar-refractivity contribution in [3.8, 4) is 0 Å². The van der Waals surface area contributed by atoms with Crippen LogP contribution in [0.15, 0.2) is 35.3 Å². The molecule has 1 fully saturated rings. The van der Waals surface area contributed by atoms with Crippen LogP contribution in [-0.2, 0) is 11.3 Å². The van der Waals surface area contributed by atoms with E-state index < -0.39 is 0 Å². The number of hydrogen-bond acceptors (Lipinski definition) is 3. The summed E-state index contributed by atoms with van der Waals surface area (Å²) in [4.78, 5) is 21.2. The van der Waals surface area contributed by atoms with Crippen LogP contribution in [0.1, 0.15) is 25.5 Å². The molecule has 142 valence electrons. The van der Waals surface area contributed by atoms with Crippen molar-refractivity contribution in [2.24, 2.45) is 10.7 Å². The highest BCUT2D eigenvalue weighted by Crippen LogP contribution is 2.15. The van der Waals surface area contributed by atoms with E-state index in [0.717, 1.165) is 24.1 Å². The maximum Gasteiger partial charge on any atom is 0.409 e. The molecule has 1 saturated heterocycles. The molecule has 8 heteroatoms. The van der Waals surface area contributed by atoms with Crippen LogP contribution in [0.3, 0.4) is 0 Å². The molecule has 26 heavy (non-hydrogen) atoms. The Morgan fingerprint density at radius 3 is 2.81 bits per heavy atom. The van der Waals surface area contributed by atoms with Gasteiger partial charge in [0, 0.05) is 30.3 Å². The second-order valence-electron chi connectivity index (χ2n) is 6.19. The van der Waals surface area contributed by atoms with Gasteiger partial charge in [0.15, 0.2) is 5.96 Å². The lowest BCUT2D eigenvalue weighted by molar-refractivity contribution is 0.0963. The lowest BCUT2D eigenvalue weighted by Crippen LogP contribution is -2.48. The zero-order valence-corrected chi connectivity index (χ0v) is 17.2. The Kier molecular flexibility index (Phi) is 7.55. The van der Waals surface area contributed by atoms with Crippen LogP contribution < -0.4 is 11.1 Å². The number of carbonyl (C=O) groups excluding carboxylic acids is 1. The van der Waals surface area contributed by atoms with Crippen molar-refractivity contribution in [1.29, 1.82) is 0 Å². The Balaban J connectivity index is 0.00000243. The lowest BCUT2D eigenvalue weighted by Gasteiger charge is -2.31. The van der Waals surface area contributed by atoms with Crippen LogP contribution in [0, 0.1) is 0 Å². The standard InChI is InChI=1S/C18H25N5O2.HI/c1-2-25-18(24)23-9-7-14(8-10-23)22-17(19)20-12-15-11-13-5-3-4-6-16(13)21-15;/h3-6,11,14,21H,2,7-10,12H2,1H3,(H3,19,20,22);1H. The molecule has 0 saturated carbocycles. The molecule has 0 radical (unpaired) electrons. The van der Waals surface area contributed by atoms with Crippen LogP contribution in [0.25, 0.3) is 10.9 Å². The summed E-state index contributed by atoms with van der Waals surface area (Å²) in [6, 6.07) is 10.5. The predicted octanol–water partition coefficient (Wildman–Crippen LogP) is 2.81. The Hall–Kier alpha value is -1.97. The molecule has 1 aromatic carbocycles. The number of amides is 1. The van der Waals surface area contributed by atoms with Crippen LogP contribution in [-0.4, -0.2) is 47.7 Å². The molecule has 1 aliphatic heterocycles. The number of guanidine groups is 1. The fourth-order valence-electron chi connectivity index (χ4n) is 3.06. The van der Waals surface area contributed by atoms with Gasteiger partial charge in [-0.05, 0) is 37.3 Å². The molecule has 2 heterocycles. The Bertz CT molecular complexity index is 720. The predicted molar refractivity (Wildman–Crippen MR) is 114 cm³/mol. The topological polar surface area (TPSA) is 95.7 Å². The van der Waals surface area contributed by atoms with Gasteiger partial charge in [-0.2, -0.15) is 0 Å². The molecule has 7 nitrogen and oxygen atoms in total. The molecular formula is C18H26IN5O2. The minimum Gasteiger partial charge on any atom is -0.450 e. The smallest absolute Gasteiger partial charge is 0.409 e. The molecule has 0 bridgehead atoms. The molecule has 1 amide bonds. The summed E-state index contributed by atoms with van der Waals surface area (Å²) in [5.74, 6) is 0.438. The first-order chi connectivity index (χ1) is 12.2. The Morgan fingerprint density at radius 2 is 2.12 bits per heavy atom. The first-order valence-corrected chi connectivity index (χ1v) is 8.70. The van der Waals surface area contributed by atoms with E-state index in [9.17, 15) is 4.79 Å². The molecule has 0 spiro atoms. The van der Waals surface area contributed by atoms with Crippen molar-refractivity contribution >= 4 is 46.9 Å². The van der Waals surface area contributed by atoms with Gasteiger partial charge in [0.05, 0.1) is 13.2 Å². The number of para-hydroxylation sites is 1. The van der Waals surface area contributed by atoms with E-state index in [1.165, 1.54) is 5.39 Å². The molecule has 0 unspecified atom stereocenters. The zero-order chi connectivity index (χ0) is 17.6. The van der Waals surface area contributed by atoms with Crippen LogP contribution in [0.4, 0.5) is 4.79 Å². The summed E-state index contributed by atoms with van der Waals surface area (Å²) >= 11 is 0. The molecule has 0 atom stereocenters. The van der Waals surface area contributed by atoms with Crippen molar-refractivity contribution in [1.82, 2.24) is 15.2 Å². The average Bonchev–Trinajstić information content (AvgIpc) is 3.04. The third-order valence-corrected chi connectivity index (χ3v) is 4.38. The van der Waals surface area contributed by atoms with Gasteiger partial charge in [0.2, 0.25) is 0 Å². The van der Waals surface area contributed by atoms with Gasteiger partial charge < -0.3 is 25.7 Å². The lowest BCUT2D eigenvalue weighted by atomic mass is 10.1. The molecular weight excluding hydrogens is 445 g/mol. The SMILES string of the molecule is CCOC(=O)N1CCC(NC(N)=NCc2cc3ccccc3[nH]2)CC1.I. The third-order valence-electron chi connectivity index (χ3n) is 4.38. The largest absolute Gasteiger partial charge is 0.450 e. The first-order valence-electron chi connectivity index (χ1n) is 8.70. The number of fused-ring (bicyclic) bond motifs is 1. The van der Waals surface area contributed by atoms with E-state index in [2.05, 4.69) is 27.4 Å². The number of likely N-dealkylation sites (tertiary alicyclic amines) is 1. The zero-order valence-electron chi connectivity index (χ0n) is 14.9. The highest BCUT2D eigenvalue weighted by atomic mass is 127. The van der Waals surface area contributed by atoms with Crippen LogP contribution in [0.5, 0.6) is 0 Å². The number of halogens is 1. The van der Waals surface area contributed by atoms with E-state index >= 15 is 0 Å². The highest BCUT2D eigenvalue weighted by Gasteiger charge is 2.23. The van der Waals surface area contributed by atoms with Crippen LogP contribution in [0.2, 0.25) is 0 Å². The number of hydrogen-bond donors (Lipinski definition) is 3. The average molecular weight is 471 g/mol. The highest BCUT2D eigenvalue weighted by molar-refractivity contribution is 14.0. The third kappa shape index (κ3) is 5.26. The van der Waals surface area contributed by atoms with Gasteiger partial charge in [-0.1, -0.05) is 18.2 Å². The number of nitrogens with one attached hydrogen (secondary N) is 2. The molecule has 3 rings (SSSR count). The molecule has 2 aromatic rings. The monoisotopic (exact) mass is 471 g/mol. The van der Waals surface area contributed by atoms with E-state index in [-0.39, 0.29) is 36.1 Å². The number of aliphatic imine (C=N–C) groups is 1. The number of nitrogens with two attached hydrogens (primary N) is 1. The van der Waals surface area contributed by atoms with Gasteiger partial charge in [0.1, 0.15) is 0 Å². The van der Waals surface area contributed by atoms with E-state index in [1.54, 1.807) is 4.90 Å². The van der Waals surface area contributed by atoms with Crippen molar-refractivity contribution in [3.63, 3.8) is 0 Å². The summed E-state index contributed by atoms with van der Waals surface area (Å²) in [5, 5.41) is 4.42. The number of ether oxygens (including phenoxy) is 1. The molecule has 1 aliphatic rings. The summed E-state index contributed by atoms with van der Waals surface area (Å²) in [6.45, 7) is 4.08. The fraction of sp³-hybridized carbons (Fsp3) is 0.444. The number of aromatic nitrogens is 1. The minimum absolute atomic E-state index is 0. The van der Waals surface area contributed by atoms with Gasteiger partial charge >= 0.3 is 6.09 Å². The maximum absolute atomic E-state index is 11.7. The number of aromatic amines is 1. The summed E-state index contributed by atoms with van der Waals surface area (Å²) in [7, 11) is 0. The quantitative estimate of drug-likeness (QED) is 0.363. The van der Waals surface area contributed by atoms with E-state index in [0.29, 0.717) is 32.2 Å². The molecule has 4 N–H and O–H groups in total. The normalized spacial score (nSPS) is 15.6. The van der Waals surface area contributed by atoms with Gasteiger partial charge in [-0.15, -0.1) is 24.0 Å². The van der Waals surface area contributed by atoms with Gasteiger partial charge in [-0.25, -0.2) is 9.79 Å². The summed E-state index contributed by atoms with van der Waals surface area (Å²) in [6.07, 6.45) is 1.43. The van der Waals surface area contributed by atoms with Crippen LogP contribution >= 0.6 is 24.0 Å². The number of H-pyrrole nitrogens is 1. The van der Waals surface area contributed by atoms with Crippen molar-refractivity contribution in [2.75, 3.05) is 19.7 Å².